The number of fused-ring (bicyclic) bond motifs is 1. The molecule has 10 heteroatoms. The smallest absolute Gasteiger partial charge is 0.344 e. The van der Waals surface area contributed by atoms with Crippen molar-refractivity contribution in [2.24, 2.45) is 0 Å². The van der Waals surface area contributed by atoms with Crippen LogP contribution in [0, 0.1) is 17.1 Å². The second-order valence-electron chi connectivity index (χ2n) is 7.47. The summed E-state index contributed by atoms with van der Waals surface area (Å²) in [5, 5.41) is 16.3. The quantitative estimate of drug-likeness (QED) is 0.599. The van der Waals surface area contributed by atoms with Crippen molar-refractivity contribution >= 4 is 5.91 Å². The number of carbonyl (C=O) groups excluding carboxylic acids is 1. The lowest BCUT2D eigenvalue weighted by Crippen LogP contribution is -2.29. The fraction of sp³-hybridized carbons (Fsp3) is 0.273. The lowest BCUT2D eigenvalue weighted by Gasteiger charge is -2.17. The van der Waals surface area contributed by atoms with Gasteiger partial charge in [-0.2, -0.15) is 23.5 Å². The van der Waals surface area contributed by atoms with E-state index in [0.717, 1.165) is 37.2 Å². The van der Waals surface area contributed by atoms with Gasteiger partial charge >= 0.3 is 6.18 Å². The van der Waals surface area contributed by atoms with Crippen LogP contribution in [0.25, 0.3) is 11.3 Å². The zero-order valence-electron chi connectivity index (χ0n) is 16.7. The van der Waals surface area contributed by atoms with Gasteiger partial charge in [-0.3, -0.25) is 14.5 Å². The fourth-order valence-electron chi connectivity index (χ4n) is 3.71. The number of benzene rings is 1. The third-order valence-electron chi connectivity index (χ3n) is 5.22. The van der Waals surface area contributed by atoms with Gasteiger partial charge in [0.1, 0.15) is 11.5 Å². The Balaban J connectivity index is 1.64. The van der Waals surface area contributed by atoms with Gasteiger partial charge in [-0.15, -0.1) is 0 Å². The maximum atomic E-state index is 13.7. The van der Waals surface area contributed by atoms with E-state index in [-0.39, 0.29) is 16.7 Å². The topological polar surface area (TPSA) is 83.6 Å². The van der Waals surface area contributed by atoms with Crippen molar-refractivity contribution in [3.63, 3.8) is 0 Å². The van der Waals surface area contributed by atoms with Crippen LogP contribution in [0.15, 0.2) is 42.6 Å². The first-order valence-corrected chi connectivity index (χ1v) is 9.87. The Kier molecular flexibility index (Phi) is 5.65. The molecular formula is C22H17F4N5O. The minimum Gasteiger partial charge on any atom is -0.344 e. The summed E-state index contributed by atoms with van der Waals surface area (Å²) in [4.78, 5) is 16.1. The molecule has 0 saturated carbocycles. The molecule has 6 nitrogen and oxygen atoms in total. The lowest BCUT2D eigenvalue weighted by molar-refractivity contribution is -0.141. The van der Waals surface area contributed by atoms with Gasteiger partial charge in [0.05, 0.1) is 29.1 Å². The van der Waals surface area contributed by atoms with Gasteiger partial charge in [0.2, 0.25) is 0 Å². The van der Waals surface area contributed by atoms with Crippen molar-refractivity contribution < 1.29 is 22.4 Å². The lowest BCUT2D eigenvalue weighted by atomic mass is 10.0. The number of nitrogens with zero attached hydrogens (tertiary/aromatic N) is 4. The minimum atomic E-state index is -4.57. The first-order chi connectivity index (χ1) is 15.2. The molecule has 1 atom stereocenters. The number of alkyl halides is 3. The minimum absolute atomic E-state index is 0.0149. The first-order valence-electron chi connectivity index (χ1n) is 9.87. The van der Waals surface area contributed by atoms with E-state index >= 15 is 0 Å². The van der Waals surface area contributed by atoms with Crippen LogP contribution < -0.4 is 5.32 Å². The van der Waals surface area contributed by atoms with E-state index < -0.39 is 29.6 Å². The van der Waals surface area contributed by atoms with Crippen LogP contribution in [0.4, 0.5) is 17.6 Å². The van der Waals surface area contributed by atoms with Crippen LogP contribution >= 0.6 is 0 Å². The number of aryl methyl sites for hydroxylation is 1. The van der Waals surface area contributed by atoms with Crippen molar-refractivity contribution in [2.75, 3.05) is 0 Å². The third-order valence-corrected chi connectivity index (χ3v) is 5.22. The molecule has 3 aromatic rings. The van der Waals surface area contributed by atoms with Gasteiger partial charge < -0.3 is 5.32 Å². The molecule has 3 heterocycles. The van der Waals surface area contributed by atoms with Crippen molar-refractivity contribution in [1.82, 2.24) is 20.1 Å². The summed E-state index contributed by atoms with van der Waals surface area (Å²) in [6.45, 7) is 0.553. The first kappa shape index (κ1) is 21.5. The van der Waals surface area contributed by atoms with E-state index in [4.69, 9.17) is 5.26 Å². The average molecular weight is 443 g/mol. The molecule has 0 unspecified atom stereocenters. The number of halogens is 4. The highest BCUT2D eigenvalue weighted by Gasteiger charge is 2.33. The van der Waals surface area contributed by atoms with Crippen LogP contribution in [-0.4, -0.2) is 20.7 Å². The number of amides is 1. The largest absolute Gasteiger partial charge is 0.433 e. The third kappa shape index (κ3) is 4.46. The number of nitrogens with one attached hydrogen (secondary N) is 1. The SMILES string of the molecule is N#Cc1cc(F)cc(C(=O)N[C@@H]2CCCCn3nc(-c4ccnc(C(F)(F)F)c4)cc32)c1. The van der Waals surface area contributed by atoms with E-state index in [1.165, 1.54) is 12.1 Å². The Labute approximate surface area is 180 Å². The Morgan fingerprint density at radius 2 is 2.00 bits per heavy atom. The number of rotatable bonds is 3. The number of pyridine rings is 1. The molecule has 0 aliphatic carbocycles. The molecule has 0 saturated heterocycles. The van der Waals surface area contributed by atoms with E-state index in [1.807, 2.05) is 6.07 Å². The summed E-state index contributed by atoms with van der Waals surface area (Å²) in [6, 6.07) is 8.76. The predicted octanol–water partition coefficient (Wildman–Crippen LogP) is 4.63. The van der Waals surface area contributed by atoms with Gasteiger partial charge in [0, 0.05) is 23.9 Å². The second-order valence-corrected chi connectivity index (χ2v) is 7.47. The highest BCUT2D eigenvalue weighted by atomic mass is 19.4. The van der Waals surface area contributed by atoms with Crippen molar-refractivity contribution in [2.45, 2.75) is 38.0 Å². The molecule has 0 spiro atoms. The molecule has 164 valence electrons. The molecule has 4 rings (SSSR count). The molecule has 1 aliphatic heterocycles. The fourth-order valence-corrected chi connectivity index (χ4v) is 3.71. The van der Waals surface area contributed by atoms with Crippen LogP contribution in [0.2, 0.25) is 0 Å². The molecule has 1 N–H and O–H groups in total. The number of aromatic nitrogens is 3. The molecule has 1 aromatic carbocycles. The zero-order chi connectivity index (χ0) is 22.9. The van der Waals surface area contributed by atoms with Gasteiger partial charge in [-0.25, -0.2) is 4.39 Å². The van der Waals surface area contributed by atoms with Crippen molar-refractivity contribution in [1.29, 1.82) is 5.26 Å². The summed E-state index contributed by atoms with van der Waals surface area (Å²) >= 11 is 0. The van der Waals surface area contributed by atoms with E-state index in [9.17, 15) is 22.4 Å². The summed E-state index contributed by atoms with van der Waals surface area (Å²) in [6.07, 6.45) is -1.33. The molecule has 0 fully saturated rings. The number of nitriles is 1. The highest BCUT2D eigenvalue weighted by Crippen LogP contribution is 2.32. The van der Waals surface area contributed by atoms with Crippen molar-refractivity contribution in [3.8, 4) is 17.3 Å². The predicted molar refractivity (Wildman–Crippen MR) is 106 cm³/mol. The standard InChI is InChI=1S/C22H17F4N5O/c23-16-8-13(12-27)7-15(9-16)21(32)29-17-3-1-2-6-31-19(17)11-18(30-31)14-4-5-28-20(10-14)22(24,25)26/h4-5,7-11,17H,1-3,6H2,(H,29,32)/t17-/m1/s1. The summed E-state index contributed by atoms with van der Waals surface area (Å²) in [5.74, 6) is -1.24. The Morgan fingerprint density at radius 1 is 1.19 bits per heavy atom. The molecule has 1 aliphatic rings. The second kappa shape index (κ2) is 8.42. The number of hydrogen-bond acceptors (Lipinski definition) is 4. The molecule has 1 amide bonds. The van der Waals surface area contributed by atoms with Crippen molar-refractivity contribution in [3.05, 3.63) is 70.9 Å². The maximum Gasteiger partial charge on any atom is 0.433 e. The van der Waals surface area contributed by atoms with Gasteiger partial charge in [0.15, 0.2) is 0 Å². The Hall–Kier alpha value is -3.74. The van der Waals surface area contributed by atoms with Crippen LogP contribution in [0.5, 0.6) is 0 Å². The van der Waals surface area contributed by atoms with Gasteiger partial charge in [-0.05, 0) is 55.7 Å². The Bertz CT molecular complexity index is 1210. The molecule has 0 radical (unpaired) electrons. The van der Waals surface area contributed by atoms with Crippen LogP contribution in [0.1, 0.15) is 52.6 Å². The normalized spacial score (nSPS) is 16.0. The zero-order valence-corrected chi connectivity index (χ0v) is 16.7. The van der Waals surface area contributed by atoms with Crippen LogP contribution in [-0.2, 0) is 12.7 Å². The molecular weight excluding hydrogens is 426 g/mol. The molecule has 0 bridgehead atoms. The summed E-state index contributed by atoms with van der Waals surface area (Å²) in [5.41, 5.74) is 0.284. The maximum absolute atomic E-state index is 13.7. The molecule has 2 aromatic heterocycles. The van der Waals surface area contributed by atoms with Crippen LogP contribution in [0.3, 0.4) is 0 Å². The highest BCUT2D eigenvalue weighted by molar-refractivity contribution is 5.94. The number of carbonyl (C=O) groups is 1. The number of hydrogen-bond donors (Lipinski definition) is 1. The monoisotopic (exact) mass is 443 g/mol. The summed E-state index contributed by atoms with van der Waals surface area (Å²) < 4.78 is 54.5. The van der Waals surface area contributed by atoms with Gasteiger partial charge in [0.25, 0.3) is 5.91 Å². The van der Waals surface area contributed by atoms with E-state index in [2.05, 4.69) is 15.4 Å². The molecule has 32 heavy (non-hydrogen) atoms. The Morgan fingerprint density at radius 3 is 2.75 bits per heavy atom. The van der Waals surface area contributed by atoms with E-state index in [1.54, 1.807) is 10.7 Å². The average Bonchev–Trinajstić information content (AvgIpc) is 3.10. The van der Waals surface area contributed by atoms with E-state index in [0.29, 0.717) is 24.4 Å². The summed E-state index contributed by atoms with van der Waals surface area (Å²) in [7, 11) is 0. The van der Waals surface area contributed by atoms with Gasteiger partial charge in [-0.1, -0.05) is 0 Å².